The second-order valence-electron chi connectivity index (χ2n) is 7.32. The van der Waals surface area contributed by atoms with Crippen LogP contribution >= 0.6 is 0 Å². The molecule has 2 aromatic carbocycles. The van der Waals surface area contributed by atoms with E-state index in [-0.39, 0.29) is 18.1 Å². The number of ether oxygens (including phenoxy) is 2. The van der Waals surface area contributed by atoms with Crippen molar-refractivity contribution in [2.24, 2.45) is 0 Å². The third kappa shape index (κ3) is 4.26. The normalized spacial score (nSPS) is 19.6. The van der Waals surface area contributed by atoms with E-state index >= 15 is 0 Å². The quantitative estimate of drug-likeness (QED) is 0.690. The van der Waals surface area contributed by atoms with Gasteiger partial charge in [-0.1, -0.05) is 48.5 Å². The topological polar surface area (TPSA) is 63.4 Å². The lowest BCUT2D eigenvalue weighted by Crippen LogP contribution is -2.50. The molecule has 2 N–H and O–H groups in total. The zero-order valence-electron chi connectivity index (χ0n) is 16.1. The molecular weight excluding hydrogens is 352 g/mol. The number of hydrogen-bond donors (Lipinski definition) is 2. The number of carbonyl (C=O) groups excluding carboxylic acids is 1. The number of aryl methyl sites for hydroxylation is 1. The van der Waals surface area contributed by atoms with Gasteiger partial charge in [0.15, 0.2) is 0 Å². The first kappa shape index (κ1) is 18.7. The van der Waals surface area contributed by atoms with Crippen LogP contribution in [0, 0.1) is 6.92 Å². The van der Waals surface area contributed by atoms with Gasteiger partial charge in [0.1, 0.15) is 6.10 Å². The maximum Gasteiger partial charge on any atom is 0.224 e. The van der Waals surface area contributed by atoms with Gasteiger partial charge in [0.05, 0.1) is 25.7 Å². The second-order valence-corrected chi connectivity index (χ2v) is 7.32. The molecule has 1 aliphatic heterocycles. The van der Waals surface area contributed by atoms with Crippen molar-refractivity contribution in [1.29, 1.82) is 0 Å². The molecule has 28 heavy (non-hydrogen) atoms. The van der Waals surface area contributed by atoms with E-state index in [1.165, 1.54) is 0 Å². The van der Waals surface area contributed by atoms with E-state index in [1.807, 2.05) is 55.5 Å². The van der Waals surface area contributed by atoms with E-state index in [0.717, 1.165) is 34.1 Å². The molecule has 146 valence electrons. The van der Waals surface area contributed by atoms with Gasteiger partial charge in [-0.05, 0) is 30.5 Å². The van der Waals surface area contributed by atoms with Gasteiger partial charge in [0, 0.05) is 23.2 Å². The van der Waals surface area contributed by atoms with E-state index in [0.29, 0.717) is 26.2 Å². The molecule has 3 aromatic rings. The number of fused-ring (bicyclic) bond motifs is 1. The van der Waals surface area contributed by atoms with Crippen LogP contribution in [0.25, 0.3) is 10.9 Å². The number of para-hydroxylation sites is 1. The van der Waals surface area contributed by atoms with Crippen LogP contribution < -0.4 is 5.32 Å². The summed E-state index contributed by atoms with van der Waals surface area (Å²) in [6, 6.07) is 18.1. The van der Waals surface area contributed by atoms with Gasteiger partial charge in [-0.3, -0.25) is 4.79 Å². The smallest absolute Gasteiger partial charge is 0.224 e. The molecule has 0 aliphatic carbocycles. The van der Waals surface area contributed by atoms with Crippen molar-refractivity contribution < 1.29 is 14.3 Å². The van der Waals surface area contributed by atoms with Crippen molar-refractivity contribution in [1.82, 2.24) is 10.3 Å². The fourth-order valence-electron chi connectivity index (χ4n) is 3.80. The van der Waals surface area contributed by atoms with Crippen molar-refractivity contribution in [3.8, 4) is 0 Å². The molecule has 0 unspecified atom stereocenters. The molecule has 1 aromatic heterocycles. The van der Waals surface area contributed by atoms with Gasteiger partial charge >= 0.3 is 0 Å². The summed E-state index contributed by atoms with van der Waals surface area (Å²) in [6.07, 6.45) is 0.985. The Morgan fingerprint density at radius 1 is 1.18 bits per heavy atom. The minimum absolute atomic E-state index is 0.0214. The van der Waals surface area contributed by atoms with Crippen LogP contribution in [0.3, 0.4) is 0 Å². The van der Waals surface area contributed by atoms with Crippen LogP contribution in [0.15, 0.2) is 54.6 Å². The summed E-state index contributed by atoms with van der Waals surface area (Å²) in [6.45, 7) is 3.68. The number of amides is 1. The maximum atomic E-state index is 12.8. The third-order valence-corrected chi connectivity index (χ3v) is 5.32. The number of aromatic amines is 1. The van der Waals surface area contributed by atoms with Gasteiger partial charge < -0.3 is 19.8 Å². The highest BCUT2D eigenvalue weighted by Gasteiger charge is 2.28. The first-order valence-electron chi connectivity index (χ1n) is 9.79. The van der Waals surface area contributed by atoms with Crippen LogP contribution in [0.4, 0.5) is 0 Å². The summed E-state index contributed by atoms with van der Waals surface area (Å²) < 4.78 is 11.6. The average Bonchev–Trinajstić information content (AvgIpc) is 3.03. The molecule has 0 radical (unpaired) electrons. The standard InChI is InChI=1S/C23H26N2O3/c1-16-19(18-9-5-6-10-20(18)24-16)13-23(26)25-21-11-12-27-15-22(21)28-14-17-7-3-2-4-8-17/h2-10,21-22,24H,11-15H2,1H3,(H,25,26)/t21-,22-/m1/s1. The molecule has 1 aliphatic rings. The highest BCUT2D eigenvalue weighted by Crippen LogP contribution is 2.22. The van der Waals surface area contributed by atoms with Crippen molar-refractivity contribution in [3.05, 3.63) is 71.4 Å². The highest BCUT2D eigenvalue weighted by atomic mass is 16.5. The van der Waals surface area contributed by atoms with Gasteiger partial charge in [-0.15, -0.1) is 0 Å². The number of hydrogen-bond acceptors (Lipinski definition) is 3. The molecule has 0 saturated carbocycles. The van der Waals surface area contributed by atoms with Crippen molar-refractivity contribution in [3.63, 3.8) is 0 Å². The molecule has 4 rings (SSSR count). The Hall–Kier alpha value is -2.63. The molecule has 2 heterocycles. The van der Waals surface area contributed by atoms with Crippen LogP contribution in [0.1, 0.15) is 23.2 Å². The van der Waals surface area contributed by atoms with E-state index in [4.69, 9.17) is 9.47 Å². The summed E-state index contributed by atoms with van der Waals surface area (Å²) in [5.74, 6) is 0.0214. The zero-order chi connectivity index (χ0) is 19.3. The van der Waals surface area contributed by atoms with Crippen molar-refractivity contribution in [2.75, 3.05) is 13.2 Å². The van der Waals surface area contributed by atoms with E-state index in [9.17, 15) is 4.79 Å². The number of nitrogens with one attached hydrogen (secondary N) is 2. The highest BCUT2D eigenvalue weighted by molar-refractivity contribution is 5.90. The largest absolute Gasteiger partial charge is 0.379 e. The predicted molar refractivity (Wildman–Crippen MR) is 109 cm³/mol. The monoisotopic (exact) mass is 378 g/mol. The maximum absolute atomic E-state index is 12.8. The summed E-state index contributed by atoms with van der Waals surface area (Å²) in [5, 5.41) is 4.29. The Kier molecular flexibility index (Phi) is 5.74. The summed E-state index contributed by atoms with van der Waals surface area (Å²) >= 11 is 0. The van der Waals surface area contributed by atoms with Gasteiger partial charge in [0.2, 0.25) is 5.91 Å². The molecule has 2 atom stereocenters. The minimum atomic E-state index is -0.137. The molecule has 1 amide bonds. The third-order valence-electron chi connectivity index (χ3n) is 5.32. The SMILES string of the molecule is Cc1[nH]c2ccccc2c1CC(=O)N[C@@H]1CCOC[C@H]1OCc1ccccc1. The van der Waals surface area contributed by atoms with Gasteiger partial charge in [0.25, 0.3) is 0 Å². The van der Waals surface area contributed by atoms with Crippen LogP contribution in [0.2, 0.25) is 0 Å². The lowest BCUT2D eigenvalue weighted by atomic mass is 10.0. The number of carbonyl (C=O) groups is 1. The summed E-state index contributed by atoms with van der Waals surface area (Å²) in [5.41, 5.74) is 4.28. The number of H-pyrrole nitrogens is 1. The fraction of sp³-hybridized carbons (Fsp3) is 0.348. The Morgan fingerprint density at radius 2 is 1.96 bits per heavy atom. The first-order chi connectivity index (χ1) is 13.7. The minimum Gasteiger partial charge on any atom is -0.379 e. The van der Waals surface area contributed by atoms with Crippen LogP contribution in [-0.4, -0.2) is 36.3 Å². The molecule has 0 spiro atoms. The van der Waals surface area contributed by atoms with Crippen molar-refractivity contribution >= 4 is 16.8 Å². The first-order valence-corrected chi connectivity index (χ1v) is 9.79. The average molecular weight is 378 g/mol. The Labute approximate surface area is 165 Å². The Morgan fingerprint density at radius 3 is 2.82 bits per heavy atom. The molecule has 5 heteroatoms. The summed E-state index contributed by atoms with van der Waals surface area (Å²) in [4.78, 5) is 16.1. The fourth-order valence-corrected chi connectivity index (χ4v) is 3.80. The van der Waals surface area contributed by atoms with E-state index in [2.05, 4.69) is 16.4 Å². The molecule has 1 fully saturated rings. The Bertz CT molecular complexity index is 935. The zero-order valence-corrected chi connectivity index (χ0v) is 16.1. The number of rotatable bonds is 6. The van der Waals surface area contributed by atoms with Crippen LogP contribution in [-0.2, 0) is 27.3 Å². The molecule has 5 nitrogen and oxygen atoms in total. The van der Waals surface area contributed by atoms with E-state index in [1.54, 1.807) is 0 Å². The lowest BCUT2D eigenvalue weighted by Gasteiger charge is -2.32. The van der Waals surface area contributed by atoms with E-state index < -0.39 is 0 Å². The van der Waals surface area contributed by atoms with Gasteiger partial charge in [-0.25, -0.2) is 0 Å². The van der Waals surface area contributed by atoms with Gasteiger partial charge in [-0.2, -0.15) is 0 Å². The molecule has 0 bridgehead atoms. The molecule has 1 saturated heterocycles. The van der Waals surface area contributed by atoms with Crippen LogP contribution in [0.5, 0.6) is 0 Å². The second kappa shape index (κ2) is 8.59. The summed E-state index contributed by atoms with van der Waals surface area (Å²) in [7, 11) is 0. The molecular formula is C23H26N2O3. The number of benzene rings is 2. The number of aromatic nitrogens is 1. The lowest BCUT2D eigenvalue weighted by molar-refractivity contribution is -0.126. The Balaban J connectivity index is 1.39. The van der Waals surface area contributed by atoms with Crippen molar-refractivity contribution in [2.45, 2.75) is 38.5 Å². The predicted octanol–water partition coefficient (Wildman–Crippen LogP) is 3.51.